The lowest BCUT2D eigenvalue weighted by Gasteiger charge is -2.28. The minimum absolute atomic E-state index is 0.376. The highest BCUT2D eigenvalue weighted by Crippen LogP contribution is 2.39. The first-order valence-electron chi connectivity index (χ1n) is 7.27. The maximum absolute atomic E-state index is 4.17. The van der Waals surface area contributed by atoms with Crippen molar-refractivity contribution in [3.8, 4) is 11.4 Å². The summed E-state index contributed by atoms with van der Waals surface area (Å²) in [7, 11) is 1.97. The van der Waals surface area contributed by atoms with Gasteiger partial charge in [0.2, 0.25) is 0 Å². The van der Waals surface area contributed by atoms with E-state index in [1.165, 1.54) is 24.9 Å². The fourth-order valence-corrected chi connectivity index (χ4v) is 3.09. The van der Waals surface area contributed by atoms with Crippen molar-refractivity contribution >= 4 is 5.69 Å². The second kappa shape index (κ2) is 4.93. The quantitative estimate of drug-likeness (QED) is 0.928. The van der Waals surface area contributed by atoms with E-state index >= 15 is 0 Å². The molecule has 1 saturated carbocycles. The van der Waals surface area contributed by atoms with Crippen LogP contribution in [0.4, 0.5) is 5.69 Å². The summed E-state index contributed by atoms with van der Waals surface area (Å²) >= 11 is 0. The molecule has 0 amide bonds. The molecule has 1 N–H and O–H groups in total. The highest BCUT2D eigenvalue weighted by Gasteiger charge is 2.34. The van der Waals surface area contributed by atoms with Crippen LogP contribution < -0.4 is 5.32 Å². The maximum atomic E-state index is 4.17. The Kier molecular flexibility index (Phi) is 3.24. The Morgan fingerprint density at radius 1 is 1.35 bits per heavy atom. The first-order valence-corrected chi connectivity index (χ1v) is 7.27. The number of hydrogen-bond donors (Lipinski definition) is 1. The van der Waals surface area contributed by atoms with Gasteiger partial charge in [-0.05, 0) is 30.4 Å². The third kappa shape index (κ3) is 2.42. The van der Waals surface area contributed by atoms with Gasteiger partial charge in [-0.25, -0.2) is 0 Å². The molecule has 1 aliphatic carbocycles. The topological polar surface area (TPSA) is 42.7 Å². The van der Waals surface area contributed by atoms with E-state index in [4.69, 9.17) is 0 Å². The average molecular weight is 270 g/mol. The van der Waals surface area contributed by atoms with Crippen LogP contribution in [0.5, 0.6) is 0 Å². The summed E-state index contributed by atoms with van der Waals surface area (Å²) in [5.74, 6) is 0.902. The van der Waals surface area contributed by atoms with E-state index in [1.54, 1.807) is 6.33 Å². The number of aryl methyl sites for hydroxylation is 1. The van der Waals surface area contributed by atoms with Crippen LogP contribution in [0.3, 0.4) is 0 Å². The molecular formula is C16H22N4. The Morgan fingerprint density at radius 2 is 2.20 bits per heavy atom. The summed E-state index contributed by atoms with van der Waals surface area (Å²) in [5.41, 5.74) is 2.65. The van der Waals surface area contributed by atoms with Gasteiger partial charge in [-0.3, -0.25) is 0 Å². The van der Waals surface area contributed by atoms with Gasteiger partial charge in [0, 0.05) is 24.3 Å². The molecule has 1 aromatic heterocycles. The first-order chi connectivity index (χ1) is 9.56. The van der Waals surface area contributed by atoms with Crippen molar-refractivity contribution in [1.29, 1.82) is 0 Å². The first kappa shape index (κ1) is 13.2. The molecule has 1 heterocycles. The maximum Gasteiger partial charge on any atom is 0.163 e. The standard InChI is InChI=1S/C16H22N4/c1-16(2)9-5-8-14(16)18-13-7-4-6-12(10-13)15-19-17-11-20(15)3/h4,6-7,10-11,14,18H,5,8-9H2,1-3H3. The van der Waals surface area contributed by atoms with E-state index in [0.717, 1.165) is 11.4 Å². The van der Waals surface area contributed by atoms with Crippen molar-refractivity contribution in [1.82, 2.24) is 14.8 Å². The summed E-state index contributed by atoms with van der Waals surface area (Å²) in [4.78, 5) is 0. The van der Waals surface area contributed by atoms with Crippen molar-refractivity contribution in [2.24, 2.45) is 12.5 Å². The molecule has 0 spiro atoms. The minimum Gasteiger partial charge on any atom is -0.382 e. The molecule has 20 heavy (non-hydrogen) atoms. The lowest BCUT2D eigenvalue weighted by atomic mass is 9.87. The lowest BCUT2D eigenvalue weighted by Crippen LogP contribution is -2.30. The zero-order valence-electron chi connectivity index (χ0n) is 12.4. The molecule has 4 heteroatoms. The SMILES string of the molecule is Cn1cnnc1-c1cccc(NC2CCCC2(C)C)c1. The molecule has 2 aromatic rings. The summed E-state index contributed by atoms with van der Waals surface area (Å²) < 4.78 is 1.94. The molecule has 106 valence electrons. The van der Waals surface area contributed by atoms with Crippen LogP contribution in [-0.2, 0) is 7.05 Å². The second-order valence-corrected chi connectivity index (χ2v) is 6.42. The van der Waals surface area contributed by atoms with Crippen LogP contribution in [0.1, 0.15) is 33.1 Å². The monoisotopic (exact) mass is 270 g/mol. The molecule has 0 radical (unpaired) electrons. The van der Waals surface area contributed by atoms with Crippen LogP contribution in [0, 0.1) is 5.41 Å². The van der Waals surface area contributed by atoms with Gasteiger partial charge in [-0.2, -0.15) is 0 Å². The summed E-state index contributed by atoms with van der Waals surface area (Å²) in [6.45, 7) is 4.70. The average Bonchev–Trinajstić information content (AvgIpc) is 2.97. The van der Waals surface area contributed by atoms with E-state index in [1.807, 2.05) is 11.6 Å². The number of benzene rings is 1. The number of rotatable bonds is 3. The van der Waals surface area contributed by atoms with Gasteiger partial charge in [0.15, 0.2) is 5.82 Å². The van der Waals surface area contributed by atoms with Gasteiger partial charge in [0.1, 0.15) is 6.33 Å². The van der Waals surface area contributed by atoms with Gasteiger partial charge in [0.05, 0.1) is 0 Å². The molecule has 1 fully saturated rings. The fourth-order valence-electron chi connectivity index (χ4n) is 3.09. The van der Waals surface area contributed by atoms with E-state index < -0.39 is 0 Å². The zero-order valence-corrected chi connectivity index (χ0v) is 12.4. The number of anilines is 1. The predicted molar refractivity (Wildman–Crippen MR) is 81.5 cm³/mol. The van der Waals surface area contributed by atoms with Gasteiger partial charge in [-0.15, -0.1) is 10.2 Å². The van der Waals surface area contributed by atoms with E-state index in [2.05, 4.69) is 53.6 Å². The number of nitrogens with zero attached hydrogens (tertiary/aromatic N) is 3. The molecule has 1 aromatic carbocycles. The Morgan fingerprint density at radius 3 is 2.85 bits per heavy atom. The summed E-state index contributed by atoms with van der Waals surface area (Å²) in [6, 6.07) is 9.01. The Labute approximate surface area is 120 Å². The van der Waals surface area contributed by atoms with Gasteiger partial charge in [-0.1, -0.05) is 32.4 Å². The predicted octanol–water partition coefficient (Wildman–Crippen LogP) is 3.47. The highest BCUT2D eigenvalue weighted by molar-refractivity contribution is 5.62. The number of aromatic nitrogens is 3. The van der Waals surface area contributed by atoms with E-state index in [-0.39, 0.29) is 0 Å². The van der Waals surface area contributed by atoms with Crippen molar-refractivity contribution in [3.05, 3.63) is 30.6 Å². The second-order valence-electron chi connectivity index (χ2n) is 6.42. The van der Waals surface area contributed by atoms with Crippen LogP contribution in [0.2, 0.25) is 0 Å². The molecule has 3 rings (SSSR count). The van der Waals surface area contributed by atoms with E-state index in [0.29, 0.717) is 11.5 Å². The third-order valence-electron chi connectivity index (χ3n) is 4.43. The van der Waals surface area contributed by atoms with Gasteiger partial charge < -0.3 is 9.88 Å². The van der Waals surface area contributed by atoms with Crippen LogP contribution >= 0.6 is 0 Å². The summed E-state index contributed by atoms with van der Waals surface area (Å²) in [6.07, 6.45) is 5.60. The van der Waals surface area contributed by atoms with Crippen LogP contribution in [-0.4, -0.2) is 20.8 Å². The molecule has 0 bridgehead atoms. The molecular weight excluding hydrogens is 248 g/mol. The van der Waals surface area contributed by atoms with E-state index in [9.17, 15) is 0 Å². The largest absolute Gasteiger partial charge is 0.382 e. The number of nitrogens with one attached hydrogen (secondary N) is 1. The Bertz CT molecular complexity index is 600. The van der Waals surface area contributed by atoms with Crippen molar-refractivity contribution < 1.29 is 0 Å². The third-order valence-corrected chi connectivity index (χ3v) is 4.43. The number of hydrogen-bond acceptors (Lipinski definition) is 3. The fraction of sp³-hybridized carbons (Fsp3) is 0.500. The smallest absolute Gasteiger partial charge is 0.163 e. The Balaban J connectivity index is 1.84. The van der Waals surface area contributed by atoms with Gasteiger partial charge in [0.25, 0.3) is 0 Å². The normalized spacial score (nSPS) is 21.1. The molecule has 1 atom stereocenters. The van der Waals surface area contributed by atoms with Crippen molar-refractivity contribution in [2.75, 3.05) is 5.32 Å². The Hall–Kier alpha value is -1.84. The molecule has 4 nitrogen and oxygen atoms in total. The zero-order chi connectivity index (χ0) is 14.2. The van der Waals surface area contributed by atoms with Gasteiger partial charge >= 0.3 is 0 Å². The van der Waals surface area contributed by atoms with Crippen molar-refractivity contribution in [3.63, 3.8) is 0 Å². The molecule has 1 unspecified atom stereocenters. The molecule has 0 saturated heterocycles. The highest BCUT2D eigenvalue weighted by atomic mass is 15.2. The minimum atomic E-state index is 0.376. The van der Waals surface area contributed by atoms with Crippen LogP contribution in [0.25, 0.3) is 11.4 Å². The lowest BCUT2D eigenvalue weighted by molar-refractivity contribution is 0.350. The van der Waals surface area contributed by atoms with Crippen molar-refractivity contribution in [2.45, 2.75) is 39.2 Å². The summed E-state index contributed by atoms with van der Waals surface area (Å²) in [5, 5.41) is 11.8. The van der Waals surface area contributed by atoms with Crippen LogP contribution in [0.15, 0.2) is 30.6 Å². The molecule has 0 aliphatic heterocycles. The molecule has 1 aliphatic rings.